The zero-order valence-corrected chi connectivity index (χ0v) is 16.0. The minimum absolute atomic E-state index is 0.0757. The first-order valence-electron chi connectivity index (χ1n) is 9.70. The second-order valence-electron chi connectivity index (χ2n) is 6.97. The highest BCUT2D eigenvalue weighted by Gasteiger charge is 2.32. The number of benzene rings is 2. The number of carbonyl (C=O) groups excluding carboxylic acids is 2. The molecule has 29 heavy (non-hydrogen) atoms. The molecule has 2 heterocycles. The van der Waals surface area contributed by atoms with Gasteiger partial charge in [-0.2, -0.15) is 0 Å². The first kappa shape index (κ1) is 19.0. The average molecular weight is 389 g/mol. The summed E-state index contributed by atoms with van der Waals surface area (Å²) in [5, 5.41) is 3.02. The molecule has 0 bridgehead atoms. The van der Waals surface area contributed by atoms with Crippen LogP contribution in [0.3, 0.4) is 0 Å². The molecule has 2 aromatic carbocycles. The lowest BCUT2D eigenvalue weighted by Crippen LogP contribution is -2.51. The Hall–Kier alpha value is -3.38. The quantitative estimate of drug-likeness (QED) is 0.726. The topological polar surface area (TPSA) is 65.8 Å². The van der Waals surface area contributed by atoms with Crippen molar-refractivity contribution < 1.29 is 14.0 Å². The predicted octanol–water partition coefficient (Wildman–Crippen LogP) is 3.42. The summed E-state index contributed by atoms with van der Waals surface area (Å²) in [6.45, 7) is 2.30. The number of furan rings is 1. The lowest BCUT2D eigenvalue weighted by Gasteiger charge is -2.38. The number of anilines is 1. The molecule has 1 aromatic heterocycles. The van der Waals surface area contributed by atoms with Crippen molar-refractivity contribution in [3.63, 3.8) is 0 Å². The Kier molecular flexibility index (Phi) is 5.72. The van der Waals surface area contributed by atoms with Gasteiger partial charge < -0.3 is 14.6 Å². The third kappa shape index (κ3) is 4.38. The summed E-state index contributed by atoms with van der Waals surface area (Å²) in [6.07, 6.45) is 1.50. The van der Waals surface area contributed by atoms with Crippen molar-refractivity contribution >= 4 is 17.5 Å². The fourth-order valence-corrected chi connectivity index (χ4v) is 3.63. The van der Waals surface area contributed by atoms with Gasteiger partial charge in [-0.25, -0.2) is 0 Å². The maximum Gasteiger partial charge on any atom is 0.289 e. The van der Waals surface area contributed by atoms with E-state index in [9.17, 15) is 9.59 Å². The van der Waals surface area contributed by atoms with E-state index in [-0.39, 0.29) is 11.8 Å². The van der Waals surface area contributed by atoms with Crippen molar-refractivity contribution in [2.24, 2.45) is 0 Å². The minimum atomic E-state index is -0.419. The molecular formula is C23H23N3O3. The van der Waals surface area contributed by atoms with E-state index in [1.54, 1.807) is 17.0 Å². The summed E-state index contributed by atoms with van der Waals surface area (Å²) < 4.78 is 5.23. The summed E-state index contributed by atoms with van der Waals surface area (Å²) in [4.78, 5) is 29.6. The molecule has 2 amide bonds. The maximum absolute atomic E-state index is 13.2. The Balaban J connectivity index is 1.49. The van der Waals surface area contributed by atoms with Crippen LogP contribution in [0.2, 0.25) is 0 Å². The number of amides is 2. The molecule has 6 heteroatoms. The van der Waals surface area contributed by atoms with Gasteiger partial charge in [0.05, 0.1) is 6.26 Å². The molecule has 1 aliphatic heterocycles. The monoisotopic (exact) mass is 389 g/mol. The fourth-order valence-electron chi connectivity index (χ4n) is 3.63. The van der Waals surface area contributed by atoms with Gasteiger partial charge in [0.1, 0.15) is 6.04 Å². The first-order chi connectivity index (χ1) is 14.2. The second-order valence-corrected chi connectivity index (χ2v) is 6.97. The number of para-hydroxylation sites is 1. The van der Waals surface area contributed by atoms with Crippen LogP contribution in [0, 0.1) is 0 Å². The van der Waals surface area contributed by atoms with Gasteiger partial charge in [0.15, 0.2) is 5.76 Å². The molecule has 0 aliphatic carbocycles. The van der Waals surface area contributed by atoms with Crippen molar-refractivity contribution in [3.05, 3.63) is 90.4 Å². The molecule has 0 spiro atoms. The van der Waals surface area contributed by atoms with Gasteiger partial charge in [-0.1, -0.05) is 48.5 Å². The third-order valence-electron chi connectivity index (χ3n) is 5.10. The zero-order chi connectivity index (χ0) is 20.1. The number of nitrogens with zero attached hydrogens (tertiary/aromatic N) is 2. The van der Waals surface area contributed by atoms with Gasteiger partial charge >= 0.3 is 0 Å². The molecular weight excluding hydrogens is 366 g/mol. The number of nitrogens with one attached hydrogen (secondary N) is 1. The summed E-state index contributed by atoms with van der Waals surface area (Å²) in [7, 11) is 0. The van der Waals surface area contributed by atoms with Crippen LogP contribution >= 0.6 is 0 Å². The van der Waals surface area contributed by atoms with E-state index in [4.69, 9.17) is 4.42 Å². The van der Waals surface area contributed by atoms with Gasteiger partial charge in [0.25, 0.3) is 5.91 Å². The van der Waals surface area contributed by atoms with Crippen LogP contribution < -0.4 is 5.32 Å². The predicted molar refractivity (Wildman–Crippen MR) is 110 cm³/mol. The molecule has 1 fully saturated rings. The Morgan fingerprint density at radius 1 is 0.828 bits per heavy atom. The van der Waals surface area contributed by atoms with Crippen molar-refractivity contribution in [3.8, 4) is 0 Å². The zero-order valence-electron chi connectivity index (χ0n) is 16.0. The normalized spacial score (nSPS) is 15.7. The van der Waals surface area contributed by atoms with Crippen molar-refractivity contribution in [2.75, 3.05) is 31.5 Å². The molecule has 6 nitrogen and oxygen atoms in total. The van der Waals surface area contributed by atoms with Crippen LogP contribution in [-0.2, 0) is 4.79 Å². The molecule has 148 valence electrons. The van der Waals surface area contributed by atoms with Gasteiger partial charge in [0.2, 0.25) is 5.91 Å². The minimum Gasteiger partial charge on any atom is -0.459 e. The standard InChI is InChI=1S/C23H23N3O3/c27-22(24-19-10-5-2-6-11-19)21(18-8-3-1-4-9-18)25-13-15-26(16-14-25)23(28)20-12-7-17-29-20/h1-12,17,21H,13-16H2,(H,24,27). The van der Waals surface area contributed by atoms with Crippen LogP contribution in [0.4, 0.5) is 5.69 Å². The average Bonchev–Trinajstić information content (AvgIpc) is 3.30. The second kappa shape index (κ2) is 8.75. The van der Waals surface area contributed by atoms with Gasteiger partial charge in [-0.3, -0.25) is 14.5 Å². The Bertz CT molecular complexity index is 934. The fraction of sp³-hybridized carbons (Fsp3) is 0.217. The lowest BCUT2D eigenvalue weighted by molar-refractivity contribution is -0.122. The number of hydrogen-bond acceptors (Lipinski definition) is 4. The van der Waals surface area contributed by atoms with E-state index >= 15 is 0 Å². The summed E-state index contributed by atoms with van der Waals surface area (Å²) >= 11 is 0. The number of piperazine rings is 1. The largest absolute Gasteiger partial charge is 0.459 e. The summed E-state index contributed by atoms with van der Waals surface area (Å²) in [5.41, 5.74) is 1.71. The van der Waals surface area contributed by atoms with E-state index < -0.39 is 6.04 Å². The van der Waals surface area contributed by atoms with Crippen molar-refractivity contribution in [1.82, 2.24) is 9.80 Å². The Labute approximate surface area is 169 Å². The number of hydrogen-bond donors (Lipinski definition) is 1. The van der Waals surface area contributed by atoms with Crippen LogP contribution in [0.1, 0.15) is 22.2 Å². The van der Waals surface area contributed by atoms with Crippen molar-refractivity contribution in [2.45, 2.75) is 6.04 Å². The van der Waals surface area contributed by atoms with Crippen LogP contribution in [0.25, 0.3) is 0 Å². The Morgan fingerprint density at radius 3 is 2.10 bits per heavy atom. The molecule has 1 unspecified atom stereocenters. The first-order valence-corrected chi connectivity index (χ1v) is 9.70. The molecule has 3 aromatic rings. The summed E-state index contributed by atoms with van der Waals surface area (Å²) in [5.74, 6) is 0.160. The van der Waals surface area contributed by atoms with E-state index in [2.05, 4.69) is 10.2 Å². The van der Waals surface area contributed by atoms with Crippen molar-refractivity contribution in [1.29, 1.82) is 0 Å². The SMILES string of the molecule is O=C(Nc1ccccc1)C(c1ccccc1)N1CCN(C(=O)c2ccco2)CC1. The Morgan fingerprint density at radius 2 is 1.48 bits per heavy atom. The highest BCUT2D eigenvalue weighted by molar-refractivity contribution is 5.95. The smallest absolute Gasteiger partial charge is 0.289 e. The molecule has 1 aliphatic rings. The highest BCUT2D eigenvalue weighted by atomic mass is 16.3. The lowest BCUT2D eigenvalue weighted by atomic mass is 10.0. The van der Waals surface area contributed by atoms with E-state index in [1.807, 2.05) is 60.7 Å². The van der Waals surface area contributed by atoms with E-state index in [1.165, 1.54) is 6.26 Å². The number of carbonyl (C=O) groups is 2. The summed E-state index contributed by atoms with van der Waals surface area (Å²) in [6, 6.07) is 22.2. The molecule has 4 rings (SSSR count). The molecule has 1 saturated heterocycles. The van der Waals surface area contributed by atoms with E-state index in [0.29, 0.717) is 31.9 Å². The highest BCUT2D eigenvalue weighted by Crippen LogP contribution is 2.25. The van der Waals surface area contributed by atoms with E-state index in [0.717, 1.165) is 11.3 Å². The maximum atomic E-state index is 13.2. The molecule has 1 atom stereocenters. The molecule has 1 N–H and O–H groups in total. The van der Waals surface area contributed by atoms with Gasteiger partial charge in [0, 0.05) is 31.9 Å². The van der Waals surface area contributed by atoms with Crippen LogP contribution in [0.15, 0.2) is 83.5 Å². The molecule has 0 saturated carbocycles. The number of rotatable bonds is 5. The van der Waals surface area contributed by atoms with Crippen LogP contribution in [0.5, 0.6) is 0 Å². The molecule has 0 radical (unpaired) electrons. The van der Waals surface area contributed by atoms with Gasteiger partial charge in [-0.05, 0) is 29.8 Å². The van der Waals surface area contributed by atoms with Crippen LogP contribution in [-0.4, -0.2) is 47.8 Å². The van der Waals surface area contributed by atoms with Gasteiger partial charge in [-0.15, -0.1) is 0 Å². The third-order valence-corrected chi connectivity index (χ3v) is 5.10.